The Morgan fingerprint density at radius 1 is 1.24 bits per heavy atom. The summed E-state index contributed by atoms with van der Waals surface area (Å²) in [4.78, 5) is 9.39. The molecule has 0 aliphatic rings. The van der Waals surface area contributed by atoms with Crippen LogP contribution in [0.25, 0.3) is 16.2 Å². The van der Waals surface area contributed by atoms with Gasteiger partial charge < -0.3 is 4.74 Å². The van der Waals surface area contributed by atoms with Gasteiger partial charge in [0, 0.05) is 25.0 Å². The first-order chi connectivity index (χ1) is 10.3. The fourth-order valence-corrected chi connectivity index (χ4v) is 2.68. The van der Waals surface area contributed by atoms with Crippen molar-refractivity contribution in [3.63, 3.8) is 0 Å². The molecule has 0 saturated carbocycles. The second-order valence-corrected chi connectivity index (χ2v) is 5.33. The molecule has 0 aliphatic heterocycles. The molecule has 4 heterocycles. The topological polar surface area (TPSA) is 70.1 Å². The fraction of sp³-hybridized carbons (Fsp3) is 0.0769. The number of imidazole rings is 1. The van der Waals surface area contributed by atoms with Gasteiger partial charge in [0.2, 0.25) is 4.96 Å². The molecule has 0 spiro atoms. The van der Waals surface area contributed by atoms with Crippen molar-refractivity contribution >= 4 is 16.3 Å². The number of aryl methyl sites for hydroxylation is 1. The lowest BCUT2D eigenvalue weighted by molar-refractivity contribution is 0.470. The highest BCUT2D eigenvalue weighted by atomic mass is 32.1. The highest BCUT2D eigenvalue weighted by Crippen LogP contribution is 2.28. The molecule has 0 fully saturated rings. The van der Waals surface area contributed by atoms with Crippen LogP contribution in [0.15, 0.2) is 43.1 Å². The van der Waals surface area contributed by atoms with Crippen LogP contribution in [0.1, 0.15) is 0 Å². The maximum Gasteiger partial charge on any atom is 0.299 e. The lowest BCUT2D eigenvalue weighted by Gasteiger charge is -1.95. The van der Waals surface area contributed by atoms with Gasteiger partial charge in [0.1, 0.15) is 0 Å². The Labute approximate surface area is 123 Å². The molecule has 7 nitrogen and oxygen atoms in total. The van der Waals surface area contributed by atoms with E-state index in [1.807, 2.05) is 25.4 Å². The minimum Gasteiger partial charge on any atom is -0.426 e. The van der Waals surface area contributed by atoms with E-state index in [1.54, 1.807) is 34.0 Å². The van der Waals surface area contributed by atoms with Crippen LogP contribution >= 0.6 is 11.3 Å². The van der Waals surface area contributed by atoms with Gasteiger partial charge in [-0.25, -0.2) is 9.50 Å². The number of pyridine rings is 1. The molecule has 0 bridgehead atoms. The number of nitrogens with zero attached hydrogens (tertiary/aromatic N) is 6. The zero-order valence-corrected chi connectivity index (χ0v) is 11.9. The van der Waals surface area contributed by atoms with Crippen molar-refractivity contribution < 1.29 is 4.74 Å². The second-order valence-electron chi connectivity index (χ2n) is 4.41. The van der Waals surface area contributed by atoms with E-state index in [9.17, 15) is 0 Å². The number of hydrogen-bond donors (Lipinski definition) is 0. The van der Waals surface area contributed by atoms with Gasteiger partial charge in [0.25, 0.3) is 5.19 Å². The van der Waals surface area contributed by atoms with Crippen molar-refractivity contribution in [2.75, 3.05) is 0 Å². The molecule has 0 N–H and O–H groups in total. The van der Waals surface area contributed by atoms with Gasteiger partial charge in [-0.15, -0.1) is 5.10 Å². The van der Waals surface area contributed by atoms with Crippen LogP contribution in [0.3, 0.4) is 0 Å². The molecule has 4 rings (SSSR count). The number of rotatable bonds is 3. The number of hydrogen-bond acceptors (Lipinski definition) is 6. The second kappa shape index (κ2) is 4.67. The number of ether oxygens (including phenoxy) is 1. The summed E-state index contributed by atoms with van der Waals surface area (Å²) >= 11 is 1.38. The highest BCUT2D eigenvalue weighted by molar-refractivity contribution is 7.18. The van der Waals surface area contributed by atoms with Crippen LogP contribution in [0.2, 0.25) is 0 Å². The predicted molar refractivity (Wildman–Crippen MR) is 77.4 cm³/mol. The molecule has 104 valence electrons. The van der Waals surface area contributed by atoms with E-state index in [1.165, 1.54) is 11.3 Å². The fourth-order valence-electron chi connectivity index (χ4n) is 1.93. The molecule has 0 aromatic carbocycles. The van der Waals surface area contributed by atoms with Crippen molar-refractivity contribution in [3.8, 4) is 22.2 Å². The third-order valence-corrected chi connectivity index (χ3v) is 3.67. The zero-order chi connectivity index (χ0) is 14.2. The SMILES string of the molecule is Cn1cc(Oc2nn3cc(-c4cccnc4)nc3s2)cn1. The maximum absolute atomic E-state index is 5.64. The summed E-state index contributed by atoms with van der Waals surface area (Å²) in [5.41, 5.74) is 1.81. The van der Waals surface area contributed by atoms with E-state index in [4.69, 9.17) is 4.74 Å². The molecule has 4 aromatic rings. The van der Waals surface area contributed by atoms with Crippen LogP contribution < -0.4 is 4.74 Å². The van der Waals surface area contributed by atoms with Gasteiger partial charge in [0.15, 0.2) is 5.75 Å². The van der Waals surface area contributed by atoms with Crippen LogP contribution in [0.4, 0.5) is 0 Å². The van der Waals surface area contributed by atoms with Gasteiger partial charge in [-0.05, 0) is 23.5 Å². The van der Waals surface area contributed by atoms with Gasteiger partial charge in [0.05, 0.1) is 24.3 Å². The smallest absolute Gasteiger partial charge is 0.299 e. The van der Waals surface area contributed by atoms with Crippen molar-refractivity contribution in [2.45, 2.75) is 0 Å². The highest BCUT2D eigenvalue weighted by Gasteiger charge is 2.11. The summed E-state index contributed by atoms with van der Waals surface area (Å²) in [5, 5.41) is 8.93. The Morgan fingerprint density at radius 3 is 2.90 bits per heavy atom. The summed E-state index contributed by atoms with van der Waals surface area (Å²) in [5.74, 6) is 0.655. The third-order valence-electron chi connectivity index (χ3n) is 2.87. The first-order valence-corrected chi connectivity index (χ1v) is 7.03. The normalized spacial score (nSPS) is 11.1. The van der Waals surface area contributed by atoms with Crippen molar-refractivity contribution in [2.24, 2.45) is 7.05 Å². The van der Waals surface area contributed by atoms with Crippen LogP contribution in [0.5, 0.6) is 10.9 Å². The number of fused-ring (bicyclic) bond motifs is 1. The van der Waals surface area contributed by atoms with Crippen LogP contribution in [0, 0.1) is 0 Å². The zero-order valence-electron chi connectivity index (χ0n) is 11.0. The van der Waals surface area contributed by atoms with Crippen molar-refractivity contribution in [3.05, 3.63) is 43.1 Å². The maximum atomic E-state index is 5.64. The Morgan fingerprint density at radius 2 is 2.19 bits per heavy atom. The van der Waals surface area contributed by atoms with E-state index in [0.29, 0.717) is 10.9 Å². The molecule has 0 radical (unpaired) electrons. The summed E-state index contributed by atoms with van der Waals surface area (Å²) in [6.07, 6.45) is 8.80. The average molecular weight is 298 g/mol. The largest absolute Gasteiger partial charge is 0.426 e. The van der Waals surface area contributed by atoms with Crippen molar-refractivity contribution in [1.29, 1.82) is 0 Å². The van der Waals surface area contributed by atoms with Gasteiger partial charge in [-0.1, -0.05) is 0 Å². The first-order valence-electron chi connectivity index (χ1n) is 6.21. The Bertz CT molecular complexity index is 862. The molecule has 0 saturated heterocycles. The van der Waals surface area contributed by atoms with Crippen LogP contribution in [-0.2, 0) is 7.05 Å². The lowest BCUT2D eigenvalue weighted by atomic mass is 10.2. The van der Waals surface area contributed by atoms with Gasteiger partial charge in [-0.3, -0.25) is 9.67 Å². The molecule has 4 aromatic heterocycles. The van der Waals surface area contributed by atoms with E-state index >= 15 is 0 Å². The third kappa shape index (κ3) is 2.25. The summed E-state index contributed by atoms with van der Waals surface area (Å²) in [6.45, 7) is 0. The number of aromatic nitrogens is 6. The van der Waals surface area contributed by atoms with Crippen molar-refractivity contribution in [1.82, 2.24) is 29.4 Å². The quantitative estimate of drug-likeness (QED) is 0.581. The van der Waals surface area contributed by atoms with Crippen LogP contribution in [-0.4, -0.2) is 29.4 Å². The molecule has 0 unspecified atom stereocenters. The summed E-state index contributed by atoms with van der Waals surface area (Å²) in [6, 6.07) is 3.85. The Balaban J connectivity index is 1.64. The van der Waals surface area contributed by atoms with E-state index < -0.39 is 0 Å². The monoisotopic (exact) mass is 298 g/mol. The molecule has 0 amide bonds. The van der Waals surface area contributed by atoms with Gasteiger partial charge in [-0.2, -0.15) is 5.10 Å². The minimum absolute atomic E-state index is 0.531. The van der Waals surface area contributed by atoms with E-state index in [2.05, 4.69) is 20.2 Å². The Kier molecular flexibility index (Phi) is 2.68. The first kappa shape index (κ1) is 12.0. The molecular formula is C13H10N6OS. The van der Waals surface area contributed by atoms with Gasteiger partial charge >= 0.3 is 0 Å². The van der Waals surface area contributed by atoms with E-state index in [-0.39, 0.29) is 0 Å². The summed E-state index contributed by atoms with van der Waals surface area (Å²) in [7, 11) is 1.84. The molecule has 21 heavy (non-hydrogen) atoms. The van der Waals surface area contributed by atoms with E-state index in [0.717, 1.165) is 16.2 Å². The predicted octanol–water partition coefficient (Wildman–Crippen LogP) is 2.38. The minimum atomic E-state index is 0.531. The molecule has 8 heteroatoms. The molecular weight excluding hydrogens is 288 g/mol. The standard InChI is InChI=1S/C13H10N6OS/c1-18-7-10(6-15-18)20-13-17-19-8-11(16-12(19)21-13)9-3-2-4-14-5-9/h2-8H,1H3. The lowest BCUT2D eigenvalue weighted by Crippen LogP contribution is -1.86. The summed E-state index contributed by atoms with van der Waals surface area (Å²) < 4.78 is 9.02. The molecule has 0 atom stereocenters. The average Bonchev–Trinajstić information content (AvgIpc) is 3.15. The Hall–Kier alpha value is -2.74. The molecule has 0 aliphatic carbocycles.